The molecule has 0 saturated heterocycles. The Morgan fingerprint density at radius 3 is 3.00 bits per heavy atom. The number of hydrazone groups is 1. The molecule has 3 aromatic rings. The molecule has 1 heterocycles. The number of carbonyl (C=O) groups excluding carboxylic acids is 1. The minimum absolute atomic E-state index is 0.270. The van der Waals surface area contributed by atoms with Crippen molar-refractivity contribution in [3.8, 4) is 16.3 Å². The lowest BCUT2D eigenvalue weighted by Crippen LogP contribution is -2.17. The van der Waals surface area contributed by atoms with E-state index in [9.17, 15) is 4.79 Å². The van der Waals surface area contributed by atoms with Crippen molar-refractivity contribution in [2.45, 2.75) is 13.3 Å². The third-order valence-corrected chi connectivity index (χ3v) is 5.71. The molecular weight excluding hydrogens is 370 g/mol. The summed E-state index contributed by atoms with van der Waals surface area (Å²) in [6.07, 6.45) is 6.87. The lowest BCUT2D eigenvalue weighted by atomic mass is 10.1. The Balaban J connectivity index is 1.49. The third kappa shape index (κ3) is 3.59. The van der Waals surface area contributed by atoms with Crippen LogP contribution in [0, 0.1) is 6.92 Å². The highest BCUT2D eigenvalue weighted by Gasteiger charge is 2.17. The highest BCUT2D eigenvalue weighted by Crippen LogP contribution is 2.34. The summed E-state index contributed by atoms with van der Waals surface area (Å²) in [7, 11) is 1.62. The van der Waals surface area contributed by atoms with Gasteiger partial charge in [0.05, 0.1) is 24.6 Å². The number of rotatable bonds is 5. The average molecular weight is 389 g/mol. The molecule has 0 bridgehead atoms. The Bertz CT molecular complexity index is 1100. The number of ether oxygens (including phenoxy) is 1. The fourth-order valence-corrected chi connectivity index (χ4v) is 4.09. The van der Waals surface area contributed by atoms with E-state index < -0.39 is 0 Å². The summed E-state index contributed by atoms with van der Waals surface area (Å²) in [6.45, 7) is 1.82. The number of hydrogen-bond donors (Lipinski definition) is 1. The van der Waals surface area contributed by atoms with E-state index in [1.165, 1.54) is 22.5 Å². The number of nitrogens with one attached hydrogen (secondary N) is 1. The van der Waals surface area contributed by atoms with E-state index in [4.69, 9.17) is 4.74 Å². The van der Waals surface area contributed by atoms with Gasteiger partial charge in [0.2, 0.25) is 0 Å². The van der Waals surface area contributed by atoms with Crippen LogP contribution in [0.5, 0.6) is 5.75 Å². The second-order valence-electron chi connectivity index (χ2n) is 6.40. The van der Waals surface area contributed by atoms with Crippen LogP contribution in [0.15, 0.2) is 53.6 Å². The first-order chi connectivity index (χ1) is 13.7. The van der Waals surface area contributed by atoms with Crippen molar-refractivity contribution in [3.05, 3.63) is 75.8 Å². The number of methoxy groups -OCH3 is 1. The smallest absolute Gasteiger partial charge is 0.283 e. The molecule has 0 saturated carbocycles. The second kappa shape index (κ2) is 7.78. The summed E-state index contributed by atoms with van der Waals surface area (Å²) in [5.74, 6) is 0.459. The van der Waals surface area contributed by atoms with Crippen LogP contribution in [0.25, 0.3) is 16.6 Å². The molecule has 140 valence electrons. The first-order valence-electron chi connectivity index (χ1n) is 8.89. The maximum absolute atomic E-state index is 12.5. The van der Waals surface area contributed by atoms with Crippen LogP contribution in [-0.4, -0.2) is 24.2 Å². The molecule has 1 aliphatic rings. The van der Waals surface area contributed by atoms with Gasteiger partial charge >= 0.3 is 0 Å². The van der Waals surface area contributed by atoms with Crippen LogP contribution in [0.2, 0.25) is 0 Å². The molecule has 1 amide bonds. The molecule has 28 heavy (non-hydrogen) atoms. The van der Waals surface area contributed by atoms with Crippen molar-refractivity contribution in [2.75, 3.05) is 7.11 Å². The molecule has 5 nitrogen and oxygen atoms in total. The number of nitrogens with zero attached hydrogens (tertiary/aromatic N) is 2. The molecule has 6 heteroatoms. The van der Waals surface area contributed by atoms with Crippen LogP contribution >= 0.6 is 11.3 Å². The summed E-state index contributed by atoms with van der Waals surface area (Å²) < 4.78 is 5.39. The number of carbonyl (C=O) groups is 1. The predicted octanol–water partition coefficient (Wildman–Crippen LogP) is 4.46. The predicted molar refractivity (Wildman–Crippen MR) is 113 cm³/mol. The number of para-hydroxylation sites is 1. The van der Waals surface area contributed by atoms with E-state index in [2.05, 4.69) is 39.8 Å². The summed E-state index contributed by atoms with van der Waals surface area (Å²) in [5.41, 5.74) is 7.60. The molecule has 2 aromatic carbocycles. The van der Waals surface area contributed by atoms with Gasteiger partial charge in [0, 0.05) is 0 Å². The van der Waals surface area contributed by atoms with E-state index in [1.807, 2.05) is 37.3 Å². The zero-order valence-corrected chi connectivity index (χ0v) is 16.4. The largest absolute Gasteiger partial charge is 0.496 e. The minimum atomic E-state index is -0.270. The fraction of sp³-hybridized carbons (Fsp3) is 0.136. The number of hydrogen-bond acceptors (Lipinski definition) is 5. The van der Waals surface area contributed by atoms with E-state index in [0.717, 1.165) is 28.3 Å². The van der Waals surface area contributed by atoms with Crippen molar-refractivity contribution < 1.29 is 9.53 Å². The summed E-state index contributed by atoms with van der Waals surface area (Å²) in [6, 6.07) is 13.8. The van der Waals surface area contributed by atoms with E-state index in [0.29, 0.717) is 10.6 Å². The van der Waals surface area contributed by atoms with Gasteiger partial charge in [-0.1, -0.05) is 36.4 Å². The van der Waals surface area contributed by atoms with Crippen LogP contribution in [0.3, 0.4) is 0 Å². The van der Waals surface area contributed by atoms with Gasteiger partial charge in [-0.15, -0.1) is 11.3 Å². The van der Waals surface area contributed by atoms with Crippen LogP contribution < -0.4 is 10.2 Å². The van der Waals surface area contributed by atoms with Gasteiger partial charge in [-0.2, -0.15) is 5.10 Å². The molecule has 0 radical (unpaired) electrons. The molecule has 0 fully saturated rings. The van der Waals surface area contributed by atoms with Crippen molar-refractivity contribution in [2.24, 2.45) is 5.10 Å². The minimum Gasteiger partial charge on any atom is -0.496 e. The maximum Gasteiger partial charge on any atom is 0.283 e. The molecular formula is C22H19N3O2S. The van der Waals surface area contributed by atoms with E-state index >= 15 is 0 Å². The molecule has 1 aromatic heterocycles. The Kier molecular flexibility index (Phi) is 5.04. The molecule has 1 aliphatic carbocycles. The van der Waals surface area contributed by atoms with E-state index in [-0.39, 0.29) is 5.91 Å². The molecule has 0 aliphatic heterocycles. The van der Waals surface area contributed by atoms with Crippen LogP contribution in [0.1, 0.15) is 32.1 Å². The number of amides is 1. The van der Waals surface area contributed by atoms with Crippen LogP contribution in [-0.2, 0) is 6.42 Å². The van der Waals surface area contributed by atoms with Gasteiger partial charge in [-0.3, -0.25) is 4.79 Å². The molecule has 1 N–H and O–H groups in total. The maximum atomic E-state index is 12.5. The molecule has 0 atom stereocenters. The Hall–Kier alpha value is -3.25. The third-order valence-electron chi connectivity index (χ3n) is 4.53. The number of fused-ring (bicyclic) bond motifs is 1. The number of aromatic nitrogens is 1. The van der Waals surface area contributed by atoms with E-state index in [1.54, 1.807) is 13.3 Å². The van der Waals surface area contributed by atoms with Crippen molar-refractivity contribution in [3.63, 3.8) is 0 Å². The molecule has 0 spiro atoms. The van der Waals surface area contributed by atoms with Crippen LogP contribution in [0.4, 0.5) is 0 Å². The fourth-order valence-electron chi connectivity index (χ4n) is 3.11. The van der Waals surface area contributed by atoms with Gasteiger partial charge < -0.3 is 4.74 Å². The zero-order chi connectivity index (χ0) is 19.5. The molecule has 4 rings (SSSR count). The Morgan fingerprint density at radius 1 is 1.29 bits per heavy atom. The van der Waals surface area contributed by atoms with Crippen molar-refractivity contribution in [1.29, 1.82) is 0 Å². The zero-order valence-electron chi connectivity index (χ0n) is 15.6. The van der Waals surface area contributed by atoms with Crippen molar-refractivity contribution >= 4 is 29.5 Å². The van der Waals surface area contributed by atoms with Gasteiger partial charge in [0.1, 0.15) is 15.6 Å². The Labute approximate surface area is 167 Å². The normalized spacial score (nSPS) is 12.4. The summed E-state index contributed by atoms with van der Waals surface area (Å²) >= 11 is 1.33. The van der Waals surface area contributed by atoms with Gasteiger partial charge in [-0.25, -0.2) is 10.4 Å². The quantitative estimate of drug-likeness (QED) is 0.518. The highest BCUT2D eigenvalue weighted by molar-refractivity contribution is 7.17. The summed E-state index contributed by atoms with van der Waals surface area (Å²) in [4.78, 5) is 17.6. The average Bonchev–Trinajstić information content (AvgIpc) is 3.33. The van der Waals surface area contributed by atoms with Gasteiger partial charge in [-0.05, 0) is 48.2 Å². The van der Waals surface area contributed by atoms with Crippen molar-refractivity contribution in [1.82, 2.24) is 10.4 Å². The van der Waals surface area contributed by atoms with Gasteiger partial charge in [0.15, 0.2) is 0 Å². The number of benzene rings is 2. The number of aryl methyl sites for hydroxylation is 1. The monoisotopic (exact) mass is 389 g/mol. The second-order valence-corrected chi connectivity index (χ2v) is 7.40. The number of allylic oxidation sites excluding steroid dienone is 1. The highest BCUT2D eigenvalue weighted by atomic mass is 32.1. The first kappa shape index (κ1) is 18.1. The van der Waals surface area contributed by atoms with Gasteiger partial charge in [0.25, 0.3) is 5.91 Å². The number of thiazole rings is 1. The first-order valence-corrected chi connectivity index (χ1v) is 9.71. The lowest BCUT2D eigenvalue weighted by Gasteiger charge is -2.04. The lowest BCUT2D eigenvalue weighted by molar-refractivity contribution is 0.0958. The Morgan fingerprint density at radius 2 is 2.14 bits per heavy atom. The topological polar surface area (TPSA) is 63.6 Å². The summed E-state index contributed by atoms with van der Waals surface area (Å²) in [5, 5.41) is 4.85. The molecule has 0 unspecified atom stereocenters. The standard InChI is InChI=1S/C22H19N3O2S/c1-14-20(28-22(24-14)18-8-3-4-9-19(18)27-2)21(26)25-23-13-15-10-11-16-6-5-7-17(16)12-15/h3-5,7-13H,6H2,1-2H3,(H,25,26)/b23-13+. The SMILES string of the molecule is COc1ccccc1-c1nc(C)c(C(=O)N/N=C/c2ccc3c(c2)C=CC3)s1.